The van der Waals surface area contributed by atoms with Crippen LogP contribution in [0.1, 0.15) is 12.0 Å². The van der Waals surface area contributed by atoms with Gasteiger partial charge in [-0.25, -0.2) is 0 Å². The molecular weight excluding hydrogens is 232 g/mol. The Morgan fingerprint density at radius 3 is 3.06 bits per heavy atom. The van der Waals surface area contributed by atoms with Crippen LogP contribution in [0.15, 0.2) is 30.5 Å². The highest BCUT2D eigenvalue weighted by atomic mass is 35.5. The Balaban J connectivity index is 2.09. The zero-order valence-corrected chi connectivity index (χ0v) is 10.6. The molecule has 1 aromatic carbocycles. The zero-order chi connectivity index (χ0) is 11.8. The van der Waals surface area contributed by atoms with Gasteiger partial charge in [0.15, 0.2) is 0 Å². The van der Waals surface area contributed by atoms with E-state index in [1.165, 1.54) is 16.5 Å². The molecule has 3 heteroatoms. The highest BCUT2D eigenvalue weighted by Crippen LogP contribution is 2.29. The first-order chi connectivity index (χ1) is 8.24. The zero-order valence-electron chi connectivity index (χ0n) is 9.83. The predicted octanol–water partition coefficient (Wildman–Crippen LogP) is 3.54. The Hall–Kier alpha value is -1.25. The largest absolute Gasteiger partial charge is 0.361 e. The van der Waals surface area contributed by atoms with E-state index >= 15 is 0 Å². The number of H-pyrrole nitrogens is 1. The van der Waals surface area contributed by atoms with E-state index in [0.29, 0.717) is 0 Å². The van der Waals surface area contributed by atoms with Crippen LogP contribution >= 0.6 is 11.6 Å². The number of hydrogen-bond donors (Lipinski definition) is 1. The van der Waals surface area contributed by atoms with Gasteiger partial charge >= 0.3 is 0 Å². The summed E-state index contributed by atoms with van der Waals surface area (Å²) < 4.78 is 0. The van der Waals surface area contributed by atoms with Gasteiger partial charge in [-0.2, -0.15) is 0 Å². The molecule has 88 valence electrons. The molecule has 0 atom stereocenters. The van der Waals surface area contributed by atoms with Crippen LogP contribution in [-0.4, -0.2) is 30.0 Å². The minimum atomic E-state index is 0.778. The number of fused-ring (bicyclic) bond motifs is 1. The van der Waals surface area contributed by atoms with Crippen molar-refractivity contribution in [3.8, 4) is 0 Å². The van der Waals surface area contributed by atoms with E-state index in [1.807, 2.05) is 12.1 Å². The van der Waals surface area contributed by atoms with E-state index in [1.54, 1.807) is 0 Å². The molecule has 1 aliphatic rings. The normalized spacial score (nSPS) is 17.4. The van der Waals surface area contributed by atoms with Gasteiger partial charge in [0.05, 0.1) is 0 Å². The van der Waals surface area contributed by atoms with Crippen LogP contribution in [0.3, 0.4) is 0 Å². The van der Waals surface area contributed by atoms with Crippen LogP contribution < -0.4 is 0 Å². The lowest BCUT2D eigenvalue weighted by Crippen LogP contribution is -2.24. The van der Waals surface area contributed by atoms with Crippen molar-refractivity contribution in [2.24, 2.45) is 0 Å². The van der Waals surface area contributed by atoms with Crippen molar-refractivity contribution < 1.29 is 0 Å². The molecule has 2 aromatic rings. The monoisotopic (exact) mass is 246 g/mol. The first-order valence-corrected chi connectivity index (χ1v) is 6.26. The fourth-order valence-electron chi connectivity index (χ4n) is 2.45. The standard InChI is InChI=1S/C14H15ClN2/c1-17-6-2-3-10(9-17)13-8-16-14-7-11(15)4-5-12(13)14/h3-5,7-8,16H,2,6,9H2,1H3. The quantitative estimate of drug-likeness (QED) is 0.816. The summed E-state index contributed by atoms with van der Waals surface area (Å²) in [5, 5.41) is 2.04. The van der Waals surface area contributed by atoms with E-state index < -0.39 is 0 Å². The predicted molar refractivity (Wildman–Crippen MR) is 73.4 cm³/mol. The third-order valence-corrected chi connectivity index (χ3v) is 3.57. The molecule has 3 rings (SSSR count). The second-order valence-electron chi connectivity index (χ2n) is 4.65. The third kappa shape index (κ3) is 1.99. The van der Waals surface area contributed by atoms with Crippen LogP contribution in [0.4, 0.5) is 0 Å². The smallest absolute Gasteiger partial charge is 0.0475 e. The Morgan fingerprint density at radius 1 is 1.35 bits per heavy atom. The minimum absolute atomic E-state index is 0.778. The number of halogens is 1. The van der Waals surface area contributed by atoms with E-state index in [-0.39, 0.29) is 0 Å². The van der Waals surface area contributed by atoms with Gasteiger partial charge in [0.2, 0.25) is 0 Å². The third-order valence-electron chi connectivity index (χ3n) is 3.33. The average molecular weight is 247 g/mol. The number of aromatic amines is 1. The molecule has 1 N–H and O–H groups in total. The molecule has 0 spiro atoms. The molecule has 0 unspecified atom stereocenters. The number of aromatic nitrogens is 1. The van der Waals surface area contributed by atoms with Gasteiger partial charge in [0.25, 0.3) is 0 Å². The van der Waals surface area contributed by atoms with Gasteiger partial charge in [-0.1, -0.05) is 23.7 Å². The number of nitrogens with zero attached hydrogens (tertiary/aromatic N) is 1. The summed E-state index contributed by atoms with van der Waals surface area (Å²) in [6.45, 7) is 2.17. The van der Waals surface area contributed by atoms with Gasteiger partial charge in [-0.05, 0) is 31.2 Å². The molecule has 0 amide bonds. The van der Waals surface area contributed by atoms with Crippen molar-refractivity contribution in [2.75, 3.05) is 20.1 Å². The fourth-order valence-corrected chi connectivity index (χ4v) is 2.62. The Bertz CT molecular complexity index is 583. The molecule has 1 aliphatic heterocycles. The topological polar surface area (TPSA) is 19.0 Å². The molecule has 0 radical (unpaired) electrons. The molecule has 2 nitrogen and oxygen atoms in total. The summed E-state index contributed by atoms with van der Waals surface area (Å²) in [6.07, 6.45) is 5.56. The van der Waals surface area contributed by atoms with Crippen molar-refractivity contribution in [1.82, 2.24) is 9.88 Å². The van der Waals surface area contributed by atoms with E-state index in [2.05, 4.69) is 35.3 Å². The van der Waals surface area contributed by atoms with Gasteiger partial charge in [-0.3, -0.25) is 0 Å². The number of rotatable bonds is 1. The highest BCUT2D eigenvalue weighted by Gasteiger charge is 2.13. The van der Waals surface area contributed by atoms with Gasteiger partial charge < -0.3 is 9.88 Å². The summed E-state index contributed by atoms with van der Waals surface area (Å²) in [5.74, 6) is 0. The maximum Gasteiger partial charge on any atom is 0.0475 e. The van der Waals surface area contributed by atoms with Crippen molar-refractivity contribution in [3.05, 3.63) is 41.1 Å². The van der Waals surface area contributed by atoms with Crippen molar-refractivity contribution in [1.29, 1.82) is 0 Å². The first-order valence-electron chi connectivity index (χ1n) is 5.88. The van der Waals surface area contributed by atoms with Crippen LogP contribution in [0, 0.1) is 0 Å². The summed E-state index contributed by atoms with van der Waals surface area (Å²) in [4.78, 5) is 5.65. The van der Waals surface area contributed by atoms with Gasteiger partial charge in [0, 0.05) is 40.8 Å². The molecular formula is C14H15ClN2. The van der Waals surface area contributed by atoms with Gasteiger partial charge in [-0.15, -0.1) is 0 Å². The van der Waals surface area contributed by atoms with Crippen molar-refractivity contribution >= 4 is 28.1 Å². The van der Waals surface area contributed by atoms with Crippen LogP contribution in [0.5, 0.6) is 0 Å². The Labute approximate surface area is 106 Å². The lowest BCUT2D eigenvalue weighted by molar-refractivity contribution is 0.373. The van der Waals surface area contributed by atoms with E-state index in [0.717, 1.165) is 30.0 Å². The van der Waals surface area contributed by atoms with Crippen molar-refractivity contribution in [3.63, 3.8) is 0 Å². The van der Waals surface area contributed by atoms with Crippen LogP contribution in [0.25, 0.3) is 16.5 Å². The SMILES string of the molecule is CN1CCC=C(c2c[nH]c3cc(Cl)ccc23)C1. The summed E-state index contributed by atoms with van der Waals surface area (Å²) in [5.41, 5.74) is 3.83. The molecule has 0 aliphatic carbocycles. The van der Waals surface area contributed by atoms with Gasteiger partial charge in [0.1, 0.15) is 0 Å². The van der Waals surface area contributed by atoms with Crippen LogP contribution in [-0.2, 0) is 0 Å². The number of likely N-dealkylation sites (N-methyl/N-ethyl adjacent to an activating group) is 1. The Morgan fingerprint density at radius 2 is 2.24 bits per heavy atom. The van der Waals surface area contributed by atoms with E-state index in [9.17, 15) is 0 Å². The molecule has 0 saturated heterocycles. The summed E-state index contributed by atoms with van der Waals surface area (Å²) in [6, 6.07) is 6.03. The number of nitrogens with one attached hydrogen (secondary N) is 1. The highest BCUT2D eigenvalue weighted by molar-refractivity contribution is 6.31. The fraction of sp³-hybridized carbons (Fsp3) is 0.286. The molecule has 0 bridgehead atoms. The Kier molecular flexibility index (Phi) is 2.69. The molecule has 1 aromatic heterocycles. The maximum atomic E-state index is 5.99. The minimum Gasteiger partial charge on any atom is -0.361 e. The van der Waals surface area contributed by atoms with E-state index in [4.69, 9.17) is 11.6 Å². The van der Waals surface area contributed by atoms with Crippen molar-refractivity contribution in [2.45, 2.75) is 6.42 Å². The second-order valence-corrected chi connectivity index (χ2v) is 5.08. The molecule has 2 heterocycles. The molecule has 0 saturated carbocycles. The molecule has 0 fully saturated rings. The first kappa shape index (κ1) is 10.9. The van der Waals surface area contributed by atoms with Crippen LogP contribution in [0.2, 0.25) is 5.02 Å². The maximum absolute atomic E-state index is 5.99. The number of benzene rings is 1. The number of hydrogen-bond acceptors (Lipinski definition) is 1. The second kappa shape index (κ2) is 4.21. The summed E-state index contributed by atoms with van der Waals surface area (Å²) in [7, 11) is 2.17. The average Bonchev–Trinajstić information content (AvgIpc) is 2.71. The molecule has 17 heavy (non-hydrogen) atoms. The lowest BCUT2D eigenvalue weighted by Gasteiger charge is -2.22. The lowest BCUT2D eigenvalue weighted by atomic mass is 10.0. The summed E-state index contributed by atoms with van der Waals surface area (Å²) >= 11 is 5.99.